The lowest BCUT2D eigenvalue weighted by molar-refractivity contribution is 0.0535. The van der Waals surface area contributed by atoms with Gasteiger partial charge in [-0.15, -0.1) is 0 Å². The van der Waals surface area contributed by atoms with Gasteiger partial charge in [-0.05, 0) is 43.9 Å². The first-order valence-corrected chi connectivity index (χ1v) is 7.14. The van der Waals surface area contributed by atoms with Gasteiger partial charge in [0, 0.05) is 5.56 Å². The van der Waals surface area contributed by atoms with Crippen LogP contribution in [0.1, 0.15) is 52.7 Å². The van der Waals surface area contributed by atoms with Crippen LogP contribution in [0.5, 0.6) is 0 Å². The van der Waals surface area contributed by atoms with E-state index in [1.807, 2.05) is 32.9 Å². The van der Waals surface area contributed by atoms with Crippen LogP contribution in [-0.2, 0) is 10.2 Å². The molecule has 0 aliphatic rings. The van der Waals surface area contributed by atoms with Gasteiger partial charge < -0.3 is 10.1 Å². The fourth-order valence-electron chi connectivity index (χ4n) is 1.64. The minimum Gasteiger partial charge on any atom is -0.444 e. The molecule has 0 spiro atoms. The normalized spacial score (nSPS) is 11.3. The maximum Gasteiger partial charge on any atom is 0.408 e. The topological polar surface area (TPSA) is 38.3 Å². The van der Waals surface area contributed by atoms with Crippen LogP contribution in [0.25, 0.3) is 0 Å². The maximum atomic E-state index is 11.5. The highest BCUT2D eigenvalue weighted by atomic mass is 16.6. The van der Waals surface area contributed by atoms with E-state index in [9.17, 15) is 4.79 Å². The summed E-state index contributed by atoms with van der Waals surface area (Å²) >= 11 is 0. The summed E-state index contributed by atoms with van der Waals surface area (Å²) in [6.45, 7) is 12.3. The summed E-state index contributed by atoms with van der Waals surface area (Å²) in [5.41, 5.74) is 1.81. The summed E-state index contributed by atoms with van der Waals surface area (Å²) in [6.07, 6.45) is -0.444. The lowest BCUT2D eigenvalue weighted by Gasteiger charge is -2.19. The van der Waals surface area contributed by atoms with Crippen LogP contribution in [-0.4, -0.2) is 18.2 Å². The highest BCUT2D eigenvalue weighted by Gasteiger charge is 2.15. The first kappa shape index (κ1) is 17.1. The second kappa shape index (κ2) is 6.67. The third-order valence-electron chi connectivity index (χ3n) is 2.68. The fourth-order valence-corrected chi connectivity index (χ4v) is 1.64. The van der Waals surface area contributed by atoms with Crippen molar-refractivity contribution in [3.05, 3.63) is 35.4 Å². The molecule has 0 heterocycles. The zero-order valence-electron chi connectivity index (χ0n) is 13.8. The lowest BCUT2D eigenvalue weighted by Crippen LogP contribution is -2.32. The Bertz CT molecular complexity index is 551. The molecule has 0 atom stereocenters. The van der Waals surface area contributed by atoms with Gasteiger partial charge in [-0.25, -0.2) is 4.79 Å². The van der Waals surface area contributed by atoms with Crippen molar-refractivity contribution in [1.82, 2.24) is 5.32 Å². The van der Waals surface area contributed by atoms with E-state index in [-0.39, 0.29) is 12.0 Å². The molecule has 1 rings (SSSR count). The molecule has 1 N–H and O–H groups in total. The molecule has 0 fully saturated rings. The predicted octanol–water partition coefficient (Wildman–Crippen LogP) is 3.86. The summed E-state index contributed by atoms with van der Waals surface area (Å²) in [6, 6.07) is 8.16. The number of rotatable bonds is 1. The molecule has 0 radical (unpaired) electrons. The van der Waals surface area contributed by atoms with Crippen LogP contribution in [0.4, 0.5) is 4.79 Å². The molecule has 1 aromatic carbocycles. The van der Waals surface area contributed by atoms with Crippen molar-refractivity contribution in [2.24, 2.45) is 0 Å². The van der Waals surface area contributed by atoms with Crippen molar-refractivity contribution < 1.29 is 9.53 Å². The van der Waals surface area contributed by atoms with E-state index in [1.165, 1.54) is 5.56 Å². The van der Waals surface area contributed by atoms with E-state index in [0.717, 1.165) is 5.56 Å². The summed E-state index contributed by atoms with van der Waals surface area (Å²) < 4.78 is 5.14. The molecule has 0 saturated carbocycles. The molecule has 0 aliphatic heterocycles. The van der Waals surface area contributed by atoms with Crippen molar-refractivity contribution in [3.63, 3.8) is 0 Å². The van der Waals surface area contributed by atoms with E-state index < -0.39 is 11.7 Å². The van der Waals surface area contributed by atoms with Gasteiger partial charge in [-0.1, -0.05) is 44.7 Å². The highest BCUT2D eigenvalue weighted by molar-refractivity contribution is 5.68. The number of alkyl carbamates (subject to hydrolysis) is 1. The number of amides is 1. The van der Waals surface area contributed by atoms with Gasteiger partial charge in [0.2, 0.25) is 0 Å². The number of carbonyl (C=O) groups excluding carboxylic acids is 1. The molecular formula is C18H25NO2. The third kappa shape index (κ3) is 6.85. The van der Waals surface area contributed by atoms with Gasteiger partial charge in [0.05, 0.1) is 6.54 Å². The van der Waals surface area contributed by atoms with E-state index >= 15 is 0 Å². The molecule has 0 unspecified atom stereocenters. The van der Waals surface area contributed by atoms with E-state index in [4.69, 9.17) is 4.74 Å². The summed E-state index contributed by atoms with van der Waals surface area (Å²) in [4.78, 5) is 11.5. The Labute approximate surface area is 128 Å². The molecule has 21 heavy (non-hydrogen) atoms. The molecule has 1 amide bonds. The first-order valence-electron chi connectivity index (χ1n) is 7.14. The molecule has 0 aliphatic carbocycles. The minimum atomic E-state index is -0.488. The largest absolute Gasteiger partial charge is 0.444 e. The Balaban J connectivity index is 2.58. The molecule has 1 aromatic rings. The Hall–Kier alpha value is -1.95. The summed E-state index contributed by atoms with van der Waals surface area (Å²) in [7, 11) is 0. The number of benzene rings is 1. The minimum absolute atomic E-state index is 0.104. The van der Waals surface area contributed by atoms with E-state index in [0.29, 0.717) is 0 Å². The standard InChI is InChI=1S/C18H25NO2/c1-17(2,3)15-11-7-9-14(13-15)10-8-12-19-16(20)21-18(4,5)6/h7,9,11,13H,12H2,1-6H3,(H,19,20). The molecular weight excluding hydrogens is 262 g/mol. The van der Waals surface area contributed by atoms with Crippen molar-refractivity contribution in [1.29, 1.82) is 0 Å². The number of hydrogen-bond acceptors (Lipinski definition) is 2. The van der Waals surface area contributed by atoms with E-state index in [1.54, 1.807) is 0 Å². The Morgan fingerprint density at radius 3 is 2.43 bits per heavy atom. The summed E-state index contributed by atoms with van der Waals surface area (Å²) in [5.74, 6) is 5.99. The third-order valence-corrected chi connectivity index (χ3v) is 2.68. The van der Waals surface area contributed by atoms with Crippen LogP contribution >= 0.6 is 0 Å². The molecule has 0 aromatic heterocycles. The van der Waals surface area contributed by atoms with Crippen LogP contribution < -0.4 is 5.32 Å². The van der Waals surface area contributed by atoms with Gasteiger partial charge in [0.15, 0.2) is 0 Å². The van der Waals surface area contributed by atoms with Gasteiger partial charge in [0.25, 0.3) is 0 Å². The van der Waals surface area contributed by atoms with Gasteiger partial charge >= 0.3 is 6.09 Å². The predicted molar refractivity (Wildman–Crippen MR) is 86.3 cm³/mol. The second-order valence-electron chi connectivity index (χ2n) is 6.99. The van der Waals surface area contributed by atoms with Crippen LogP contribution in [0.3, 0.4) is 0 Å². The molecule has 3 heteroatoms. The zero-order valence-corrected chi connectivity index (χ0v) is 13.8. The Kier molecular flexibility index (Phi) is 5.43. The molecule has 114 valence electrons. The highest BCUT2D eigenvalue weighted by Crippen LogP contribution is 2.22. The fraction of sp³-hybridized carbons (Fsp3) is 0.500. The number of carbonyl (C=O) groups is 1. The number of nitrogens with one attached hydrogen (secondary N) is 1. The summed E-state index contributed by atoms with van der Waals surface area (Å²) in [5, 5.41) is 2.62. The van der Waals surface area contributed by atoms with Crippen LogP contribution in [0.2, 0.25) is 0 Å². The van der Waals surface area contributed by atoms with Gasteiger partial charge in [0.1, 0.15) is 5.60 Å². The van der Waals surface area contributed by atoms with Crippen molar-refractivity contribution in [3.8, 4) is 11.8 Å². The lowest BCUT2D eigenvalue weighted by atomic mass is 9.86. The van der Waals surface area contributed by atoms with Crippen molar-refractivity contribution in [2.75, 3.05) is 6.54 Å². The molecule has 0 bridgehead atoms. The quantitative estimate of drug-likeness (QED) is 0.796. The molecule has 3 nitrogen and oxygen atoms in total. The van der Waals surface area contributed by atoms with Crippen molar-refractivity contribution >= 4 is 6.09 Å². The maximum absolute atomic E-state index is 11.5. The SMILES string of the molecule is CC(C)(C)OC(=O)NCC#Cc1cccc(C(C)(C)C)c1. The number of ether oxygens (including phenoxy) is 1. The van der Waals surface area contributed by atoms with Gasteiger partial charge in [-0.2, -0.15) is 0 Å². The number of hydrogen-bond donors (Lipinski definition) is 1. The van der Waals surface area contributed by atoms with Gasteiger partial charge in [-0.3, -0.25) is 0 Å². The Morgan fingerprint density at radius 1 is 1.19 bits per heavy atom. The zero-order chi connectivity index (χ0) is 16.1. The smallest absolute Gasteiger partial charge is 0.408 e. The molecule has 0 saturated heterocycles. The van der Waals surface area contributed by atoms with Crippen molar-refractivity contribution in [2.45, 2.75) is 52.6 Å². The second-order valence-corrected chi connectivity index (χ2v) is 6.99. The van der Waals surface area contributed by atoms with E-state index in [2.05, 4.69) is 50.1 Å². The Morgan fingerprint density at radius 2 is 1.86 bits per heavy atom. The van der Waals surface area contributed by atoms with Crippen LogP contribution in [0, 0.1) is 11.8 Å². The van der Waals surface area contributed by atoms with Crippen LogP contribution in [0.15, 0.2) is 24.3 Å². The monoisotopic (exact) mass is 287 g/mol. The average Bonchev–Trinajstić information content (AvgIpc) is 2.32. The average molecular weight is 287 g/mol. The first-order chi connectivity index (χ1) is 9.58.